The molecule has 1 saturated carbocycles. The monoisotopic (exact) mass is 341 g/mol. The number of rotatable bonds is 5. The number of carbonyl (C=O) groups is 2. The van der Waals surface area contributed by atoms with E-state index in [4.69, 9.17) is 9.52 Å². The molecule has 2 aromatic rings. The second kappa shape index (κ2) is 6.06. The third kappa shape index (κ3) is 3.18. The molecule has 25 heavy (non-hydrogen) atoms. The van der Waals surface area contributed by atoms with Crippen molar-refractivity contribution in [3.05, 3.63) is 58.0 Å². The van der Waals surface area contributed by atoms with Crippen molar-refractivity contribution in [2.45, 2.75) is 45.6 Å². The minimum Gasteiger partial charge on any atom is -0.478 e. The van der Waals surface area contributed by atoms with Gasteiger partial charge in [-0.1, -0.05) is 29.3 Å². The summed E-state index contributed by atoms with van der Waals surface area (Å²) >= 11 is 0. The highest BCUT2D eigenvalue weighted by Crippen LogP contribution is 2.50. The number of furan rings is 1. The number of likely N-dealkylation sites (N-methyl/N-ethyl adjacent to an activating group) is 1. The first-order chi connectivity index (χ1) is 11.7. The number of aryl methyl sites for hydroxylation is 3. The average Bonchev–Trinajstić information content (AvgIpc) is 3.24. The summed E-state index contributed by atoms with van der Waals surface area (Å²) in [7, 11) is 1.74. The average molecular weight is 341 g/mol. The van der Waals surface area contributed by atoms with Crippen molar-refractivity contribution in [1.82, 2.24) is 4.90 Å². The fraction of sp³-hybridized carbons (Fsp3) is 0.400. The summed E-state index contributed by atoms with van der Waals surface area (Å²) in [6, 6.07) is 7.78. The molecule has 132 valence electrons. The van der Waals surface area contributed by atoms with Crippen molar-refractivity contribution in [3.8, 4) is 0 Å². The Morgan fingerprint density at radius 3 is 2.20 bits per heavy atom. The van der Waals surface area contributed by atoms with Crippen molar-refractivity contribution in [3.63, 3.8) is 0 Å². The predicted molar refractivity (Wildman–Crippen MR) is 93.7 cm³/mol. The van der Waals surface area contributed by atoms with Gasteiger partial charge in [0.2, 0.25) is 5.91 Å². The van der Waals surface area contributed by atoms with E-state index in [9.17, 15) is 9.59 Å². The molecular weight excluding hydrogens is 318 g/mol. The molecule has 0 saturated heterocycles. The maximum Gasteiger partial charge on any atom is 0.339 e. The van der Waals surface area contributed by atoms with Crippen molar-refractivity contribution in [2.24, 2.45) is 0 Å². The van der Waals surface area contributed by atoms with E-state index >= 15 is 0 Å². The Bertz CT molecular complexity index is 825. The summed E-state index contributed by atoms with van der Waals surface area (Å²) in [6.45, 7) is 5.96. The largest absolute Gasteiger partial charge is 0.478 e. The number of carboxylic acids is 1. The molecule has 0 radical (unpaired) electrons. The van der Waals surface area contributed by atoms with Crippen molar-refractivity contribution in [2.75, 3.05) is 7.05 Å². The zero-order valence-corrected chi connectivity index (χ0v) is 15.0. The van der Waals surface area contributed by atoms with Crippen molar-refractivity contribution < 1.29 is 19.1 Å². The van der Waals surface area contributed by atoms with E-state index in [-0.39, 0.29) is 18.0 Å². The molecule has 0 aliphatic heterocycles. The third-order valence-corrected chi connectivity index (χ3v) is 4.87. The smallest absolute Gasteiger partial charge is 0.339 e. The number of hydrogen-bond donors (Lipinski definition) is 1. The van der Waals surface area contributed by atoms with Gasteiger partial charge in [-0.05, 0) is 45.2 Å². The standard InChI is InChI=1S/C20H23NO4/c1-12-7-13(2)9-15(8-12)20(5-6-20)19(24)21(4)11-16-10-17(18(22)23)14(3)25-16/h7-10H,5-6,11H2,1-4H3,(H,22,23). The molecule has 5 heteroatoms. The minimum absolute atomic E-state index is 0.0587. The lowest BCUT2D eigenvalue weighted by Crippen LogP contribution is -2.36. The Morgan fingerprint density at radius 2 is 1.72 bits per heavy atom. The van der Waals surface area contributed by atoms with E-state index in [1.54, 1.807) is 18.9 Å². The molecule has 5 nitrogen and oxygen atoms in total. The summed E-state index contributed by atoms with van der Waals surface area (Å²) in [5.41, 5.74) is 3.09. The van der Waals surface area contributed by atoms with Gasteiger partial charge in [0.25, 0.3) is 0 Å². The molecule has 0 unspecified atom stereocenters. The van der Waals surface area contributed by atoms with Crippen LogP contribution < -0.4 is 0 Å². The Balaban J connectivity index is 1.80. The number of aromatic carboxylic acids is 1. The third-order valence-electron chi connectivity index (χ3n) is 4.87. The van der Waals surface area contributed by atoms with Crippen LogP contribution in [-0.2, 0) is 16.8 Å². The van der Waals surface area contributed by atoms with Gasteiger partial charge < -0.3 is 14.4 Å². The minimum atomic E-state index is -1.02. The van der Waals surface area contributed by atoms with Gasteiger partial charge in [0.1, 0.15) is 17.1 Å². The molecule has 3 rings (SSSR count). The SMILES string of the molecule is Cc1cc(C)cc(C2(C(=O)N(C)Cc3cc(C(=O)O)c(C)o3)CC2)c1. The van der Waals surface area contributed by atoms with Gasteiger partial charge in [0, 0.05) is 7.05 Å². The molecule has 1 N–H and O–H groups in total. The Kier molecular flexibility index (Phi) is 4.19. The highest BCUT2D eigenvalue weighted by Gasteiger charge is 2.52. The number of amides is 1. The summed E-state index contributed by atoms with van der Waals surface area (Å²) in [4.78, 5) is 25.8. The first kappa shape index (κ1) is 17.3. The number of carboxylic acid groups (broad SMARTS) is 1. The Hall–Kier alpha value is -2.56. The van der Waals surface area contributed by atoms with E-state index in [0.29, 0.717) is 11.5 Å². The normalized spacial score (nSPS) is 15.0. The zero-order chi connectivity index (χ0) is 18.4. The lowest BCUT2D eigenvalue weighted by Gasteiger charge is -2.23. The van der Waals surface area contributed by atoms with Crippen LogP contribution in [0.25, 0.3) is 0 Å². The van der Waals surface area contributed by atoms with E-state index in [1.165, 1.54) is 6.07 Å². The van der Waals surface area contributed by atoms with Crippen LogP contribution in [0.15, 0.2) is 28.7 Å². The lowest BCUT2D eigenvalue weighted by atomic mass is 9.91. The molecule has 0 atom stereocenters. The molecule has 0 spiro atoms. The van der Waals surface area contributed by atoms with Gasteiger partial charge in [-0.3, -0.25) is 4.79 Å². The number of benzene rings is 1. The molecular formula is C20H23NO4. The predicted octanol–water partition coefficient (Wildman–Crippen LogP) is 3.59. The molecule has 1 aliphatic carbocycles. The van der Waals surface area contributed by atoms with E-state index in [0.717, 1.165) is 29.5 Å². The molecule has 1 heterocycles. The van der Waals surface area contributed by atoms with Crippen molar-refractivity contribution in [1.29, 1.82) is 0 Å². The number of carbonyl (C=O) groups excluding carboxylic acids is 1. The van der Waals surface area contributed by atoms with Gasteiger partial charge in [-0.15, -0.1) is 0 Å². The Labute approximate surface area is 147 Å². The zero-order valence-electron chi connectivity index (χ0n) is 15.0. The quantitative estimate of drug-likeness (QED) is 0.902. The van der Waals surface area contributed by atoms with Crippen LogP contribution in [0, 0.1) is 20.8 Å². The number of hydrogen-bond acceptors (Lipinski definition) is 3. The van der Waals surface area contributed by atoms with E-state index < -0.39 is 11.4 Å². The fourth-order valence-corrected chi connectivity index (χ4v) is 3.51. The van der Waals surface area contributed by atoms with Crippen LogP contribution in [0.4, 0.5) is 0 Å². The topological polar surface area (TPSA) is 70.8 Å². The highest BCUT2D eigenvalue weighted by molar-refractivity contribution is 5.91. The molecule has 1 aliphatic rings. The molecule has 1 fully saturated rings. The lowest BCUT2D eigenvalue weighted by molar-refractivity contribution is -0.133. The first-order valence-electron chi connectivity index (χ1n) is 8.40. The number of nitrogens with zero attached hydrogens (tertiary/aromatic N) is 1. The summed E-state index contributed by atoms with van der Waals surface area (Å²) in [5, 5.41) is 9.12. The molecule has 1 amide bonds. The molecule has 1 aromatic carbocycles. The van der Waals surface area contributed by atoms with Gasteiger partial charge >= 0.3 is 5.97 Å². The summed E-state index contributed by atoms with van der Waals surface area (Å²) < 4.78 is 5.50. The maximum absolute atomic E-state index is 13.0. The van der Waals surface area contributed by atoms with Gasteiger partial charge in [0.15, 0.2) is 0 Å². The van der Waals surface area contributed by atoms with Crippen LogP contribution in [0.2, 0.25) is 0 Å². The van der Waals surface area contributed by atoms with Crippen LogP contribution >= 0.6 is 0 Å². The van der Waals surface area contributed by atoms with Gasteiger partial charge in [-0.2, -0.15) is 0 Å². The highest BCUT2D eigenvalue weighted by atomic mass is 16.4. The van der Waals surface area contributed by atoms with Crippen LogP contribution in [-0.4, -0.2) is 28.9 Å². The van der Waals surface area contributed by atoms with Crippen LogP contribution in [0.3, 0.4) is 0 Å². The van der Waals surface area contributed by atoms with Gasteiger partial charge in [-0.25, -0.2) is 4.79 Å². The molecule has 0 bridgehead atoms. The summed E-state index contributed by atoms with van der Waals surface area (Å²) in [6.07, 6.45) is 1.69. The maximum atomic E-state index is 13.0. The van der Waals surface area contributed by atoms with Crippen molar-refractivity contribution >= 4 is 11.9 Å². The van der Waals surface area contributed by atoms with E-state index in [1.807, 2.05) is 13.8 Å². The Morgan fingerprint density at radius 1 is 1.12 bits per heavy atom. The van der Waals surface area contributed by atoms with E-state index in [2.05, 4.69) is 18.2 Å². The molecule has 1 aromatic heterocycles. The van der Waals surface area contributed by atoms with Gasteiger partial charge in [0.05, 0.1) is 12.0 Å². The second-order valence-corrected chi connectivity index (χ2v) is 7.11. The second-order valence-electron chi connectivity index (χ2n) is 7.11. The van der Waals surface area contributed by atoms with Crippen LogP contribution in [0.1, 0.15) is 51.4 Å². The first-order valence-corrected chi connectivity index (χ1v) is 8.40. The fourth-order valence-electron chi connectivity index (χ4n) is 3.51. The van der Waals surface area contributed by atoms with Crippen LogP contribution in [0.5, 0.6) is 0 Å². The summed E-state index contributed by atoms with van der Waals surface area (Å²) in [5.74, 6) is -0.112.